The second kappa shape index (κ2) is 6.80. The Balaban J connectivity index is 2.45. The molecule has 0 bridgehead atoms. The number of anilines is 1. The highest BCUT2D eigenvalue weighted by atomic mass is 32.2. The molecule has 0 atom stereocenters. The first-order chi connectivity index (χ1) is 10.1. The van der Waals surface area contributed by atoms with Gasteiger partial charge < -0.3 is 10.1 Å². The zero-order chi connectivity index (χ0) is 15.4. The van der Waals surface area contributed by atoms with Gasteiger partial charge in [0.15, 0.2) is 0 Å². The average Bonchev–Trinajstić information content (AvgIpc) is 2.49. The van der Waals surface area contributed by atoms with Crippen LogP contribution in [-0.4, -0.2) is 24.1 Å². The first-order valence-electron chi connectivity index (χ1n) is 6.94. The maximum Gasteiger partial charge on any atom is 0.134 e. The van der Waals surface area contributed by atoms with Crippen LogP contribution in [0.4, 0.5) is 5.82 Å². The molecule has 2 rings (SSSR count). The number of nitrogens with zero attached hydrogens (tertiary/aromatic N) is 2. The van der Waals surface area contributed by atoms with Gasteiger partial charge in [0.1, 0.15) is 22.4 Å². The molecule has 0 aliphatic rings. The van der Waals surface area contributed by atoms with Crippen molar-refractivity contribution >= 4 is 17.6 Å². The predicted octanol–water partition coefficient (Wildman–Crippen LogP) is 4.11. The Morgan fingerprint density at radius 2 is 1.90 bits per heavy atom. The Kier molecular flexibility index (Phi) is 5.07. The van der Waals surface area contributed by atoms with Crippen molar-refractivity contribution in [3.05, 3.63) is 35.7 Å². The lowest BCUT2D eigenvalue weighted by Crippen LogP contribution is -2.06. The summed E-state index contributed by atoms with van der Waals surface area (Å²) in [6.07, 6.45) is 0. The Hall–Kier alpha value is -1.75. The molecular weight excluding hydrogens is 282 g/mol. The summed E-state index contributed by atoms with van der Waals surface area (Å²) in [4.78, 5) is 10.3. The van der Waals surface area contributed by atoms with Gasteiger partial charge >= 0.3 is 0 Å². The number of nitrogens with one attached hydrogen (secondary N) is 1. The molecule has 4 nitrogen and oxygen atoms in total. The van der Waals surface area contributed by atoms with E-state index in [9.17, 15) is 0 Å². The molecule has 1 N–H and O–H groups in total. The molecule has 0 radical (unpaired) electrons. The van der Waals surface area contributed by atoms with Crippen LogP contribution < -0.4 is 10.1 Å². The van der Waals surface area contributed by atoms with Gasteiger partial charge in [-0.05, 0) is 19.1 Å². The predicted molar refractivity (Wildman–Crippen MR) is 87.5 cm³/mol. The number of ether oxygens (including phenoxy) is 1. The molecule has 0 saturated carbocycles. The summed E-state index contributed by atoms with van der Waals surface area (Å²) in [7, 11) is 3.57. The van der Waals surface area contributed by atoms with Crippen LogP contribution in [0.2, 0.25) is 0 Å². The number of rotatable bonds is 5. The largest absolute Gasteiger partial charge is 0.496 e. The van der Waals surface area contributed by atoms with E-state index in [0.717, 1.165) is 32.9 Å². The molecule has 0 spiro atoms. The summed E-state index contributed by atoms with van der Waals surface area (Å²) in [5, 5.41) is 4.11. The zero-order valence-corrected chi connectivity index (χ0v) is 13.9. The van der Waals surface area contributed by atoms with Gasteiger partial charge in [0.05, 0.1) is 12.0 Å². The van der Waals surface area contributed by atoms with E-state index in [1.165, 1.54) is 0 Å². The first kappa shape index (κ1) is 15.6. The molecule has 0 amide bonds. The molecule has 0 aliphatic heterocycles. The third kappa shape index (κ3) is 3.47. The van der Waals surface area contributed by atoms with Gasteiger partial charge in [-0.15, -0.1) is 0 Å². The number of para-hydroxylation sites is 1. The lowest BCUT2D eigenvalue weighted by Gasteiger charge is -2.14. The minimum absolute atomic E-state index is 0.287. The Morgan fingerprint density at radius 1 is 1.19 bits per heavy atom. The van der Waals surface area contributed by atoms with Gasteiger partial charge in [-0.2, -0.15) is 0 Å². The van der Waals surface area contributed by atoms with Crippen LogP contribution in [0, 0.1) is 6.92 Å². The summed E-state index contributed by atoms with van der Waals surface area (Å²) >= 11 is 1.61. The van der Waals surface area contributed by atoms with E-state index in [-0.39, 0.29) is 5.92 Å². The van der Waals surface area contributed by atoms with E-state index in [2.05, 4.69) is 24.1 Å². The Labute approximate surface area is 130 Å². The van der Waals surface area contributed by atoms with E-state index in [4.69, 9.17) is 9.72 Å². The van der Waals surface area contributed by atoms with Crippen LogP contribution in [-0.2, 0) is 0 Å². The van der Waals surface area contributed by atoms with Crippen molar-refractivity contribution in [1.29, 1.82) is 0 Å². The van der Waals surface area contributed by atoms with Crippen molar-refractivity contribution in [2.75, 3.05) is 19.5 Å². The van der Waals surface area contributed by atoms with Gasteiger partial charge in [-0.3, -0.25) is 0 Å². The molecule has 2 aromatic rings. The minimum Gasteiger partial charge on any atom is -0.496 e. The fourth-order valence-corrected chi connectivity index (χ4v) is 2.92. The maximum absolute atomic E-state index is 5.41. The molecule has 1 aromatic heterocycles. The number of methoxy groups -OCH3 is 1. The van der Waals surface area contributed by atoms with Crippen molar-refractivity contribution in [3.8, 4) is 5.75 Å². The summed E-state index contributed by atoms with van der Waals surface area (Å²) in [5.74, 6) is 2.88. The average molecular weight is 303 g/mol. The topological polar surface area (TPSA) is 47.0 Å². The van der Waals surface area contributed by atoms with E-state index in [1.807, 2.05) is 38.2 Å². The van der Waals surface area contributed by atoms with E-state index in [0.29, 0.717) is 0 Å². The monoisotopic (exact) mass is 303 g/mol. The van der Waals surface area contributed by atoms with Crippen molar-refractivity contribution < 1.29 is 4.74 Å². The third-order valence-corrected chi connectivity index (χ3v) is 4.30. The molecule has 1 heterocycles. The molecular formula is C16H21N3OS. The van der Waals surface area contributed by atoms with Crippen molar-refractivity contribution in [2.24, 2.45) is 0 Å². The summed E-state index contributed by atoms with van der Waals surface area (Å²) in [5.41, 5.74) is 1.05. The lowest BCUT2D eigenvalue weighted by atomic mass is 10.2. The maximum atomic E-state index is 5.41. The van der Waals surface area contributed by atoms with Crippen LogP contribution >= 0.6 is 11.8 Å². The highest BCUT2D eigenvalue weighted by molar-refractivity contribution is 7.99. The third-order valence-electron chi connectivity index (χ3n) is 3.15. The molecule has 21 heavy (non-hydrogen) atoms. The van der Waals surface area contributed by atoms with Crippen LogP contribution in [0.25, 0.3) is 0 Å². The van der Waals surface area contributed by atoms with Gasteiger partial charge in [0.25, 0.3) is 0 Å². The Bertz CT molecular complexity index is 629. The highest BCUT2D eigenvalue weighted by Crippen LogP contribution is 2.37. The summed E-state index contributed by atoms with van der Waals surface area (Å²) in [6, 6.07) is 7.97. The highest BCUT2D eigenvalue weighted by Gasteiger charge is 2.15. The van der Waals surface area contributed by atoms with Gasteiger partial charge in [0, 0.05) is 18.5 Å². The second-order valence-electron chi connectivity index (χ2n) is 5.02. The fourth-order valence-electron chi connectivity index (χ4n) is 1.92. The van der Waals surface area contributed by atoms with Crippen LogP contribution in [0.5, 0.6) is 5.75 Å². The number of hydrogen-bond acceptors (Lipinski definition) is 5. The van der Waals surface area contributed by atoms with Gasteiger partial charge in [-0.25, -0.2) is 9.97 Å². The van der Waals surface area contributed by atoms with Crippen LogP contribution in [0.1, 0.15) is 31.2 Å². The van der Waals surface area contributed by atoms with Crippen molar-refractivity contribution in [3.63, 3.8) is 0 Å². The second-order valence-corrected chi connectivity index (χ2v) is 6.05. The molecule has 112 valence electrons. The first-order valence-corrected chi connectivity index (χ1v) is 7.75. The quantitative estimate of drug-likeness (QED) is 0.842. The van der Waals surface area contributed by atoms with E-state index >= 15 is 0 Å². The molecule has 0 saturated heterocycles. The van der Waals surface area contributed by atoms with E-state index in [1.54, 1.807) is 18.9 Å². The van der Waals surface area contributed by atoms with Gasteiger partial charge in [-0.1, -0.05) is 37.7 Å². The van der Waals surface area contributed by atoms with Crippen molar-refractivity contribution in [1.82, 2.24) is 9.97 Å². The van der Waals surface area contributed by atoms with Crippen molar-refractivity contribution in [2.45, 2.75) is 36.6 Å². The summed E-state index contributed by atoms with van der Waals surface area (Å²) in [6.45, 7) is 6.23. The minimum atomic E-state index is 0.287. The van der Waals surface area contributed by atoms with E-state index < -0.39 is 0 Å². The number of benzene rings is 1. The standard InChI is InChI=1S/C16H21N3OS/c1-10(2)14-18-15(17-4)11(3)16(19-14)21-13-9-7-6-8-12(13)20-5/h6-10H,1-5H3,(H,17,18,19). The smallest absolute Gasteiger partial charge is 0.134 e. The zero-order valence-electron chi connectivity index (χ0n) is 13.1. The van der Waals surface area contributed by atoms with Crippen LogP contribution in [0.3, 0.4) is 0 Å². The number of aromatic nitrogens is 2. The Morgan fingerprint density at radius 3 is 2.52 bits per heavy atom. The lowest BCUT2D eigenvalue weighted by molar-refractivity contribution is 0.405. The fraction of sp³-hybridized carbons (Fsp3) is 0.375. The van der Waals surface area contributed by atoms with Crippen LogP contribution in [0.15, 0.2) is 34.2 Å². The normalized spacial score (nSPS) is 10.8. The molecule has 0 fully saturated rings. The molecule has 0 unspecified atom stereocenters. The SMILES string of the molecule is CNc1nc(C(C)C)nc(Sc2ccccc2OC)c1C. The molecule has 1 aromatic carbocycles. The number of hydrogen-bond donors (Lipinski definition) is 1. The molecule has 5 heteroatoms. The molecule has 0 aliphatic carbocycles. The van der Waals surface area contributed by atoms with Gasteiger partial charge in [0.2, 0.25) is 0 Å². The summed E-state index contributed by atoms with van der Waals surface area (Å²) < 4.78 is 5.41.